The minimum atomic E-state index is 0.719. The van der Waals surface area contributed by atoms with Crippen LogP contribution in [0.4, 0.5) is 5.82 Å². The molecule has 86 valence electrons. The van der Waals surface area contributed by atoms with Crippen molar-refractivity contribution in [3.8, 4) is 0 Å². The molecule has 1 aromatic rings. The fraction of sp³-hybridized carbons (Fsp3) is 0.333. The second-order valence-corrected chi connectivity index (χ2v) is 3.38. The summed E-state index contributed by atoms with van der Waals surface area (Å²) >= 11 is 0. The summed E-state index contributed by atoms with van der Waals surface area (Å²) in [6.07, 6.45) is 7.21. The second-order valence-electron chi connectivity index (χ2n) is 3.38. The predicted molar refractivity (Wildman–Crippen MR) is 67.4 cm³/mol. The van der Waals surface area contributed by atoms with E-state index in [2.05, 4.69) is 33.3 Å². The Bertz CT molecular complexity index is 339. The van der Waals surface area contributed by atoms with Crippen molar-refractivity contribution < 1.29 is 0 Å². The first-order valence-electron chi connectivity index (χ1n) is 5.24. The number of rotatable bonds is 7. The summed E-state index contributed by atoms with van der Waals surface area (Å²) in [5.41, 5.74) is 0.929. The van der Waals surface area contributed by atoms with Crippen LogP contribution in [0.15, 0.2) is 37.7 Å². The Balaban J connectivity index is 2.85. The Kier molecular flexibility index (Phi) is 5.22. The molecule has 0 atom stereocenters. The zero-order valence-corrected chi connectivity index (χ0v) is 9.69. The van der Waals surface area contributed by atoms with Crippen molar-refractivity contribution in [3.63, 3.8) is 0 Å². The average Bonchev–Trinajstić information content (AvgIpc) is 2.30. The highest BCUT2D eigenvalue weighted by atomic mass is 15.2. The molecule has 4 heteroatoms. The molecule has 0 spiro atoms. The van der Waals surface area contributed by atoms with Gasteiger partial charge in [-0.2, -0.15) is 0 Å². The lowest BCUT2D eigenvalue weighted by atomic mass is 10.4. The normalized spacial score (nSPS) is 9.81. The fourth-order valence-corrected chi connectivity index (χ4v) is 1.39. The molecule has 16 heavy (non-hydrogen) atoms. The maximum atomic E-state index is 4.51. The molecule has 0 aliphatic carbocycles. The van der Waals surface area contributed by atoms with E-state index < -0.39 is 0 Å². The molecule has 1 N–H and O–H groups in total. The van der Waals surface area contributed by atoms with Gasteiger partial charge in [-0.05, 0) is 7.05 Å². The van der Waals surface area contributed by atoms with E-state index in [9.17, 15) is 0 Å². The van der Waals surface area contributed by atoms with Crippen LogP contribution in [0.5, 0.6) is 0 Å². The van der Waals surface area contributed by atoms with E-state index in [4.69, 9.17) is 0 Å². The van der Waals surface area contributed by atoms with Gasteiger partial charge in [-0.25, -0.2) is 4.98 Å². The topological polar surface area (TPSA) is 41.1 Å². The van der Waals surface area contributed by atoms with E-state index in [1.807, 2.05) is 19.2 Å². The molecule has 4 nitrogen and oxygen atoms in total. The van der Waals surface area contributed by atoms with Crippen molar-refractivity contribution in [2.24, 2.45) is 0 Å². The smallest absolute Gasteiger partial charge is 0.148 e. The molecule has 0 saturated heterocycles. The number of aromatic nitrogens is 2. The Labute approximate surface area is 96.7 Å². The number of nitrogens with zero attached hydrogens (tertiary/aromatic N) is 3. The molecule has 0 aliphatic heterocycles. The van der Waals surface area contributed by atoms with Crippen LogP contribution in [0.3, 0.4) is 0 Å². The molecule has 1 rings (SSSR count). The van der Waals surface area contributed by atoms with Crippen LogP contribution in [0, 0.1) is 0 Å². The van der Waals surface area contributed by atoms with Gasteiger partial charge in [-0.1, -0.05) is 12.2 Å². The molecular weight excluding hydrogens is 200 g/mol. The molecule has 0 bridgehead atoms. The molecule has 0 saturated carbocycles. The van der Waals surface area contributed by atoms with Crippen molar-refractivity contribution in [1.82, 2.24) is 15.3 Å². The van der Waals surface area contributed by atoms with Gasteiger partial charge < -0.3 is 10.2 Å². The Morgan fingerprint density at radius 3 is 2.56 bits per heavy atom. The second kappa shape index (κ2) is 6.74. The van der Waals surface area contributed by atoms with Crippen LogP contribution >= 0.6 is 0 Å². The Morgan fingerprint density at radius 1 is 1.31 bits per heavy atom. The van der Waals surface area contributed by atoms with Crippen LogP contribution in [-0.4, -0.2) is 30.1 Å². The molecule has 0 amide bonds. The van der Waals surface area contributed by atoms with E-state index in [1.54, 1.807) is 12.4 Å². The van der Waals surface area contributed by atoms with E-state index >= 15 is 0 Å². The van der Waals surface area contributed by atoms with Crippen molar-refractivity contribution in [1.29, 1.82) is 0 Å². The first-order valence-corrected chi connectivity index (χ1v) is 5.24. The van der Waals surface area contributed by atoms with E-state index in [0.29, 0.717) is 0 Å². The van der Waals surface area contributed by atoms with Gasteiger partial charge in [0.25, 0.3) is 0 Å². The summed E-state index contributed by atoms with van der Waals surface area (Å²) in [5.74, 6) is 0.854. The summed E-state index contributed by atoms with van der Waals surface area (Å²) < 4.78 is 0. The third kappa shape index (κ3) is 3.47. The first kappa shape index (κ1) is 12.4. The highest BCUT2D eigenvalue weighted by Crippen LogP contribution is 2.09. The van der Waals surface area contributed by atoms with Gasteiger partial charge in [0.2, 0.25) is 0 Å². The lowest BCUT2D eigenvalue weighted by molar-refractivity contribution is 0.776. The van der Waals surface area contributed by atoms with E-state index in [-0.39, 0.29) is 0 Å². The average molecular weight is 218 g/mol. The lowest BCUT2D eigenvalue weighted by Crippen LogP contribution is -2.25. The molecule has 0 aromatic carbocycles. The minimum absolute atomic E-state index is 0.719. The van der Waals surface area contributed by atoms with Crippen LogP contribution < -0.4 is 10.2 Å². The largest absolute Gasteiger partial charge is 0.348 e. The van der Waals surface area contributed by atoms with Crippen LogP contribution in [0.2, 0.25) is 0 Å². The van der Waals surface area contributed by atoms with Gasteiger partial charge in [0, 0.05) is 25.8 Å². The minimum Gasteiger partial charge on any atom is -0.348 e. The van der Waals surface area contributed by atoms with Gasteiger partial charge in [0.05, 0.1) is 11.9 Å². The highest BCUT2D eigenvalue weighted by molar-refractivity contribution is 5.38. The maximum Gasteiger partial charge on any atom is 0.148 e. The monoisotopic (exact) mass is 218 g/mol. The third-order valence-corrected chi connectivity index (χ3v) is 2.05. The van der Waals surface area contributed by atoms with Gasteiger partial charge in [0.15, 0.2) is 0 Å². The molecule has 0 aliphatic rings. The quantitative estimate of drug-likeness (QED) is 0.702. The molecule has 0 radical (unpaired) electrons. The van der Waals surface area contributed by atoms with E-state index in [1.165, 1.54) is 0 Å². The van der Waals surface area contributed by atoms with Crippen LogP contribution in [0.25, 0.3) is 0 Å². The first-order chi connectivity index (χ1) is 7.81. The van der Waals surface area contributed by atoms with Crippen molar-refractivity contribution >= 4 is 5.82 Å². The van der Waals surface area contributed by atoms with E-state index in [0.717, 1.165) is 31.1 Å². The molecule has 1 aromatic heterocycles. The number of hydrogen-bond donors (Lipinski definition) is 1. The SMILES string of the molecule is C=CCN(CC=C)c1cncc(CNC)n1. The van der Waals surface area contributed by atoms with Gasteiger partial charge in [0.1, 0.15) is 5.82 Å². The summed E-state index contributed by atoms with van der Waals surface area (Å²) in [4.78, 5) is 10.7. The summed E-state index contributed by atoms with van der Waals surface area (Å²) in [6.45, 7) is 9.66. The molecule has 0 fully saturated rings. The third-order valence-electron chi connectivity index (χ3n) is 2.05. The molecule has 1 heterocycles. The lowest BCUT2D eigenvalue weighted by Gasteiger charge is -2.20. The number of anilines is 1. The Hall–Kier alpha value is -1.68. The Morgan fingerprint density at radius 2 is 2.00 bits per heavy atom. The van der Waals surface area contributed by atoms with Gasteiger partial charge >= 0.3 is 0 Å². The van der Waals surface area contributed by atoms with Crippen LogP contribution in [-0.2, 0) is 6.54 Å². The maximum absolute atomic E-state index is 4.51. The van der Waals surface area contributed by atoms with Crippen molar-refractivity contribution in [2.75, 3.05) is 25.0 Å². The number of nitrogens with one attached hydrogen (secondary N) is 1. The zero-order valence-electron chi connectivity index (χ0n) is 9.69. The van der Waals surface area contributed by atoms with Crippen molar-refractivity contribution in [3.05, 3.63) is 43.4 Å². The van der Waals surface area contributed by atoms with Crippen molar-refractivity contribution in [2.45, 2.75) is 6.54 Å². The highest BCUT2D eigenvalue weighted by Gasteiger charge is 2.05. The summed E-state index contributed by atoms with van der Waals surface area (Å²) in [7, 11) is 1.89. The number of hydrogen-bond acceptors (Lipinski definition) is 4. The van der Waals surface area contributed by atoms with Gasteiger partial charge in [-0.3, -0.25) is 4.98 Å². The standard InChI is InChI=1S/C12H18N4/c1-4-6-16(7-5-2)12-10-14-9-11(15-12)8-13-3/h4-5,9-10,13H,1-2,6-8H2,3H3. The fourth-order valence-electron chi connectivity index (χ4n) is 1.39. The summed E-state index contributed by atoms with van der Waals surface area (Å²) in [5, 5.41) is 3.05. The molecular formula is C12H18N4. The predicted octanol–water partition coefficient (Wildman–Crippen LogP) is 1.37. The zero-order chi connectivity index (χ0) is 11.8. The van der Waals surface area contributed by atoms with Crippen LogP contribution in [0.1, 0.15) is 5.69 Å². The molecule has 0 unspecified atom stereocenters. The van der Waals surface area contributed by atoms with Gasteiger partial charge in [-0.15, -0.1) is 13.2 Å². The summed E-state index contributed by atoms with van der Waals surface area (Å²) in [6, 6.07) is 0.